The van der Waals surface area contributed by atoms with E-state index >= 15 is 0 Å². The van der Waals surface area contributed by atoms with E-state index in [2.05, 4.69) is 36.5 Å². The molecule has 1 atom stereocenters. The number of carbonyl (C=O) groups is 1. The van der Waals surface area contributed by atoms with Crippen LogP contribution in [0.2, 0.25) is 0 Å². The van der Waals surface area contributed by atoms with Crippen LogP contribution in [0.5, 0.6) is 0 Å². The number of carbonyl (C=O) groups excluding carboxylic acids is 1. The fourth-order valence-electron chi connectivity index (χ4n) is 3.91. The van der Waals surface area contributed by atoms with Crippen LogP contribution in [0.1, 0.15) is 55.0 Å². The van der Waals surface area contributed by atoms with Gasteiger partial charge in [0.1, 0.15) is 0 Å². The normalized spacial score (nSPS) is 16.9. The Hall–Kier alpha value is -2.18. The number of nitrogens with one attached hydrogen (secondary N) is 1. The highest BCUT2D eigenvalue weighted by atomic mass is 32.2. The molecule has 1 N–H and O–H groups in total. The Morgan fingerprint density at radius 2 is 1.73 bits per heavy atom. The predicted molar refractivity (Wildman–Crippen MR) is 120 cm³/mol. The van der Waals surface area contributed by atoms with Gasteiger partial charge in [0.2, 0.25) is 15.9 Å². The van der Waals surface area contributed by atoms with E-state index < -0.39 is 10.0 Å². The molecule has 0 saturated carbocycles. The molecule has 1 aliphatic rings. The molecule has 0 radical (unpaired) electrons. The summed E-state index contributed by atoms with van der Waals surface area (Å²) < 4.78 is 27.2. The van der Waals surface area contributed by atoms with Gasteiger partial charge in [0.05, 0.1) is 11.8 Å². The Bertz CT molecular complexity index is 962. The quantitative estimate of drug-likeness (QED) is 0.725. The number of hydrogen-bond donors (Lipinski definition) is 1. The van der Waals surface area contributed by atoms with E-state index in [0.29, 0.717) is 25.9 Å². The number of amides is 1. The van der Waals surface area contributed by atoms with Crippen LogP contribution in [0.25, 0.3) is 0 Å². The Morgan fingerprint density at radius 3 is 2.33 bits per heavy atom. The molecular weight excluding hydrogens is 396 g/mol. The number of rotatable bonds is 7. The van der Waals surface area contributed by atoms with Crippen LogP contribution in [-0.2, 0) is 27.0 Å². The van der Waals surface area contributed by atoms with Crippen molar-refractivity contribution in [2.75, 3.05) is 13.1 Å². The zero-order valence-electron chi connectivity index (χ0n) is 18.1. The number of sulfonamides is 1. The Balaban J connectivity index is 1.54. The molecule has 2 aromatic carbocycles. The molecule has 0 bridgehead atoms. The van der Waals surface area contributed by atoms with E-state index in [1.54, 1.807) is 0 Å². The van der Waals surface area contributed by atoms with E-state index in [0.717, 1.165) is 23.1 Å². The topological polar surface area (TPSA) is 66.5 Å². The molecule has 1 saturated heterocycles. The fraction of sp³-hybridized carbons (Fsp3) is 0.458. The molecule has 1 heterocycles. The number of benzene rings is 2. The number of hydrogen-bond acceptors (Lipinski definition) is 3. The van der Waals surface area contributed by atoms with Gasteiger partial charge in [0.15, 0.2) is 0 Å². The molecule has 30 heavy (non-hydrogen) atoms. The maximum atomic E-state index is 12.8. The molecule has 5 nitrogen and oxygen atoms in total. The van der Waals surface area contributed by atoms with Crippen molar-refractivity contribution in [3.05, 3.63) is 70.8 Å². The average Bonchev–Trinajstić information content (AvgIpc) is 2.75. The molecular formula is C24H32N2O3S. The predicted octanol–water partition coefficient (Wildman–Crippen LogP) is 3.98. The van der Waals surface area contributed by atoms with Gasteiger partial charge < -0.3 is 5.32 Å². The second-order valence-electron chi connectivity index (χ2n) is 8.18. The molecule has 0 aliphatic carbocycles. The molecule has 3 rings (SSSR count). The van der Waals surface area contributed by atoms with Gasteiger partial charge in [0.25, 0.3) is 0 Å². The monoisotopic (exact) mass is 428 g/mol. The van der Waals surface area contributed by atoms with Crippen molar-refractivity contribution in [3.63, 3.8) is 0 Å². The minimum Gasteiger partial charge on any atom is -0.349 e. The summed E-state index contributed by atoms with van der Waals surface area (Å²) in [6.07, 6.45) is 2.10. The summed E-state index contributed by atoms with van der Waals surface area (Å²) in [5.74, 6) is -0.119. The van der Waals surface area contributed by atoms with Crippen molar-refractivity contribution in [2.24, 2.45) is 5.92 Å². The third-order valence-electron chi connectivity index (χ3n) is 6.06. The molecule has 1 unspecified atom stereocenters. The zero-order valence-corrected chi connectivity index (χ0v) is 18.9. The SMILES string of the molecule is CCc1ccc(C(C)NC(=O)C2CCN(S(=O)(=O)Cc3ccccc3C)CC2)cc1. The second-order valence-corrected chi connectivity index (χ2v) is 10.2. The Morgan fingerprint density at radius 1 is 1.10 bits per heavy atom. The standard InChI is InChI=1S/C24H32N2O3S/c1-4-20-9-11-21(12-10-20)19(3)25-24(27)22-13-15-26(16-14-22)30(28,29)17-23-8-6-5-7-18(23)2/h5-12,19,22H,4,13-17H2,1-3H3,(H,25,27). The summed E-state index contributed by atoms with van der Waals surface area (Å²) in [7, 11) is -3.38. The lowest BCUT2D eigenvalue weighted by atomic mass is 9.96. The van der Waals surface area contributed by atoms with Gasteiger partial charge in [-0.25, -0.2) is 12.7 Å². The summed E-state index contributed by atoms with van der Waals surface area (Å²) in [6.45, 7) is 6.82. The van der Waals surface area contributed by atoms with E-state index in [1.807, 2.05) is 38.1 Å². The summed E-state index contributed by atoms with van der Waals surface area (Å²) >= 11 is 0. The van der Waals surface area contributed by atoms with E-state index in [-0.39, 0.29) is 23.6 Å². The van der Waals surface area contributed by atoms with Crippen LogP contribution in [0.15, 0.2) is 48.5 Å². The van der Waals surface area contributed by atoms with Crippen LogP contribution >= 0.6 is 0 Å². The summed E-state index contributed by atoms with van der Waals surface area (Å²) in [5.41, 5.74) is 4.17. The smallest absolute Gasteiger partial charge is 0.223 e. The van der Waals surface area contributed by atoms with Crippen molar-refractivity contribution >= 4 is 15.9 Å². The second kappa shape index (κ2) is 9.75. The third kappa shape index (κ3) is 5.49. The van der Waals surface area contributed by atoms with Crippen LogP contribution < -0.4 is 5.32 Å². The van der Waals surface area contributed by atoms with Gasteiger partial charge in [0, 0.05) is 19.0 Å². The highest BCUT2D eigenvalue weighted by Gasteiger charge is 2.31. The van der Waals surface area contributed by atoms with E-state index in [4.69, 9.17) is 0 Å². The van der Waals surface area contributed by atoms with Gasteiger partial charge in [-0.3, -0.25) is 4.79 Å². The fourth-order valence-corrected chi connectivity index (χ4v) is 5.58. The number of nitrogens with zero attached hydrogens (tertiary/aromatic N) is 1. The first-order valence-corrected chi connectivity index (χ1v) is 12.3. The number of piperidine rings is 1. The van der Waals surface area contributed by atoms with Crippen molar-refractivity contribution in [1.29, 1.82) is 0 Å². The Labute approximate surface area is 180 Å². The van der Waals surface area contributed by atoms with Gasteiger partial charge >= 0.3 is 0 Å². The summed E-state index contributed by atoms with van der Waals surface area (Å²) in [6, 6.07) is 15.8. The molecule has 0 aromatic heterocycles. The van der Waals surface area contributed by atoms with Crippen molar-refractivity contribution < 1.29 is 13.2 Å². The van der Waals surface area contributed by atoms with Crippen molar-refractivity contribution in [2.45, 2.75) is 51.8 Å². The van der Waals surface area contributed by atoms with E-state index in [9.17, 15) is 13.2 Å². The van der Waals surface area contributed by atoms with Gasteiger partial charge in [-0.05, 0) is 55.4 Å². The van der Waals surface area contributed by atoms with E-state index in [1.165, 1.54) is 9.87 Å². The first-order valence-electron chi connectivity index (χ1n) is 10.7. The van der Waals surface area contributed by atoms with Crippen molar-refractivity contribution in [3.8, 4) is 0 Å². The molecule has 1 fully saturated rings. The van der Waals surface area contributed by atoms with Crippen LogP contribution in [-0.4, -0.2) is 31.7 Å². The molecule has 2 aromatic rings. The Kier molecular flexibility index (Phi) is 7.32. The summed E-state index contributed by atoms with van der Waals surface area (Å²) in [5, 5.41) is 3.10. The minimum absolute atomic E-state index is 0.0121. The maximum absolute atomic E-state index is 12.8. The minimum atomic E-state index is -3.38. The van der Waals surface area contributed by atoms with Gasteiger partial charge in [-0.2, -0.15) is 0 Å². The highest BCUT2D eigenvalue weighted by Crippen LogP contribution is 2.24. The molecule has 6 heteroatoms. The molecule has 1 amide bonds. The van der Waals surface area contributed by atoms with Crippen LogP contribution in [0, 0.1) is 12.8 Å². The largest absolute Gasteiger partial charge is 0.349 e. The third-order valence-corrected chi connectivity index (χ3v) is 7.89. The zero-order chi connectivity index (χ0) is 21.7. The summed E-state index contributed by atoms with van der Waals surface area (Å²) in [4.78, 5) is 12.7. The maximum Gasteiger partial charge on any atom is 0.223 e. The van der Waals surface area contributed by atoms with Crippen LogP contribution in [0.3, 0.4) is 0 Å². The molecule has 1 aliphatic heterocycles. The molecule has 0 spiro atoms. The molecule has 162 valence electrons. The van der Waals surface area contributed by atoms with Crippen LogP contribution in [0.4, 0.5) is 0 Å². The first-order chi connectivity index (χ1) is 14.3. The lowest BCUT2D eigenvalue weighted by Gasteiger charge is -2.31. The lowest BCUT2D eigenvalue weighted by Crippen LogP contribution is -2.43. The van der Waals surface area contributed by atoms with Gasteiger partial charge in [-0.15, -0.1) is 0 Å². The van der Waals surface area contributed by atoms with Gasteiger partial charge in [-0.1, -0.05) is 55.5 Å². The first kappa shape index (κ1) is 22.5. The van der Waals surface area contributed by atoms with Crippen molar-refractivity contribution in [1.82, 2.24) is 9.62 Å². The lowest BCUT2D eigenvalue weighted by molar-refractivity contribution is -0.126. The highest BCUT2D eigenvalue weighted by molar-refractivity contribution is 7.88. The average molecular weight is 429 g/mol. The number of aryl methyl sites for hydroxylation is 2.